The molecule has 1 saturated carbocycles. The Balaban J connectivity index is 1.60. The lowest BCUT2D eigenvalue weighted by Gasteiger charge is -2.23. The fraction of sp³-hybridized carbons (Fsp3) is 0.562. The molecule has 21 heavy (non-hydrogen) atoms. The first-order valence-electron chi connectivity index (χ1n) is 7.61. The number of anilines is 1. The zero-order valence-corrected chi connectivity index (χ0v) is 14.2. The Labute approximate surface area is 135 Å². The van der Waals surface area contributed by atoms with Crippen LogP contribution in [-0.2, 0) is 4.79 Å². The van der Waals surface area contributed by atoms with Crippen LogP contribution in [0.3, 0.4) is 0 Å². The molecule has 4 nitrogen and oxygen atoms in total. The molecule has 0 unspecified atom stereocenters. The van der Waals surface area contributed by atoms with Crippen molar-refractivity contribution in [3.05, 3.63) is 28.7 Å². The monoisotopic (exact) mass is 353 g/mol. The molecule has 0 saturated heterocycles. The summed E-state index contributed by atoms with van der Waals surface area (Å²) in [6.45, 7) is 2.19. The number of nitrogens with zero attached hydrogens (tertiary/aromatic N) is 1. The van der Waals surface area contributed by atoms with Gasteiger partial charge in [0.15, 0.2) is 0 Å². The van der Waals surface area contributed by atoms with E-state index in [-0.39, 0.29) is 5.91 Å². The number of likely N-dealkylation sites (N-methyl/N-ethyl adjacent to an activating group) is 1. The topological polar surface area (TPSA) is 44.4 Å². The Morgan fingerprint density at radius 2 is 2.14 bits per heavy atom. The number of benzene rings is 1. The van der Waals surface area contributed by atoms with Gasteiger partial charge in [-0.05, 0) is 38.1 Å². The van der Waals surface area contributed by atoms with Crippen molar-refractivity contribution in [1.29, 1.82) is 0 Å². The molecule has 2 rings (SSSR count). The maximum absolute atomic E-state index is 11.8. The molecular formula is C16H24BrN3O. The number of carbonyl (C=O) groups is 1. The lowest BCUT2D eigenvalue weighted by molar-refractivity contribution is -0.115. The van der Waals surface area contributed by atoms with Gasteiger partial charge in [0.2, 0.25) is 5.91 Å². The second kappa shape index (κ2) is 8.51. The molecule has 1 aliphatic carbocycles. The van der Waals surface area contributed by atoms with Crippen LogP contribution in [0.15, 0.2) is 28.7 Å². The molecule has 0 radical (unpaired) electrons. The summed E-state index contributed by atoms with van der Waals surface area (Å²) in [6, 6.07) is 8.36. The molecule has 116 valence electrons. The average Bonchev–Trinajstić information content (AvgIpc) is 2.97. The lowest BCUT2D eigenvalue weighted by Crippen LogP contribution is -2.37. The van der Waals surface area contributed by atoms with Crippen molar-refractivity contribution < 1.29 is 4.79 Å². The molecule has 5 heteroatoms. The molecule has 1 aromatic carbocycles. The van der Waals surface area contributed by atoms with Gasteiger partial charge in [0.05, 0.1) is 6.54 Å². The SMILES string of the molecule is CN(CCNCC(=O)Nc1cccc(Br)c1)C1CCCC1. The van der Waals surface area contributed by atoms with E-state index in [9.17, 15) is 4.79 Å². The molecule has 0 spiro atoms. The molecular weight excluding hydrogens is 330 g/mol. The van der Waals surface area contributed by atoms with Crippen LogP contribution in [0.4, 0.5) is 5.69 Å². The normalized spacial score (nSPS) is 15.6. The Hall–Kier alpha value is -0.910. The van der Waals surface area contributed by atoms with Crippen LogP contribution in [0, 0.1) is 0 Å². The smallest absolute Gasteiger partial charge is 0.238 e. The van der Waals surface area contributed by atoms with E-state index in [4.69, 9.17) is 0 Å². The van der Waals surface area contributed by atoms with Gasteiger partial charge in [0.25, 0.3) is 0 Å². The summed E-state index contributed by atoms with van der Waals surface area (Å²) in [5.41, 5.74) is 0.819. The second-order valence-corrected chi connectivity index (χ2v) is 6.57. The summed E-state index contributed by atoms with van der Waals surface area (Å²) < 4.78 is 0.964. The van der Waals surface area contributed by atoms with Gasteiger partial charge in [-0.15, -0.1) is 0 Å². The second-order valence-electron chi connectivity index (χ2n) is 5.65. The number of carbonyl (C=O) groups excluding carboxylic acids is 1. The highest BCUT2D eigenvalue weighted by molar-refractivity contribution is 9.10. The number of halogens is 1. The summed E-state index contributed by atoms with van der Waals surface area (Å²) in [6.07, 6.45) is 5.36. The number of nitrogens with one attached hydrogen (secondary N) is 2. The van der Waals surface area contributed by atoms with E-state index >= 15 is 0 Å². The van der Waals surface area contributed by atoms with Gasteiger partial charge < -0.3 is 15.5 Å². The summed E-state index contributed by atoms with van der Waals surface area (Å²) in [4.78, 5) is 14.2. The molecule has 0 heterocycles. The quantitative estimate of drug-likeness (QED) is 0.740. The van der Waals surface area contributed by atoms with Crippen LogP contribution < -0.4 is 10.6 Å². The number of rotatable bonds is 7. The third kappa shape index (κ3) is 5.77. The van der Waals surface area contributed by atoms with Gasteiger partial charge in [-0.3, -0.25) is 4.79 Å². The van der Waals surface area contributed by atoms with Gasteiger partial charge >= 0.3 is 0 Å². The van der Waals surface area contributed by atoms with E-state index in [1.54, 1.807) is 0 Å². The van der Waals surface area contributed by atoms with Crippen molar-refractivity contribution >= 4 is 27.5 Å². The molecule has 1 amide bonds. The first kappa shape index (κ1) is 16.5. The first-order valence-corrected chi connectivity index (χ1v) is 8.41. The highest BCUT2D eigenvalue weighted by Crippen LogP contribution is 2.21. The van der Waals surface area contributed by atoms with Crippen molar-refractivity contribution in [2.75, 3.05) is 32.0 Å². The number of amides is 1. The fourth-order valence-electron chi connectivity index (χ4n) is 2.76. The Bertz CT molecular complexity index is 461. The summed E-state index contributed by atoms with van der Waals surface area (Å²) in [7, 11) is 2.18. The summed E-state index contributed by atoms with van der Waals surface area (Å²) in [5.74, 6) is -0.00313. The molecule has 1 aliphatic rings. The molecule has 2 N–H and O–H groups in total. The molecule has 1 fully saturated rings. The van der Waals surface area contributed by atoms with Crippen molar-refractivity contribution in [3.63, 3.8) is 0 Å². The minimum absolute atomic E-state index is 0.00313. The van der Waals surface area contributed by atoms with Crippen LogP contribution >= 0.6 is 15.9 Å². The third-order valence-corrected chi connectivity index (χ3v) is 4.48. The minimum Gasteiger partial charge on any atom is -0.325 e. The van der Waals surface area contributed by atoms with Crippen molar-refractivity contribution in [2.45, 2.75) is 31.7 Å². The fourth-order valence-corrected chi connectivity index (χ4v) is 3.16. The molecule has 0 aliphatic heterocycles. The van der Waals surface area contributed by atoms with Gasteiger partial charge in [-0.1, -0.05) is 34.8 Å². The van der Waals surface area contributed by atoms with Gasteiger partial charge in [0, 0.05) is 29.3 Å². The molecule has 0 atom stereocenters. The van der Waals surface area contributed by atoms with Crippen LogP contribution in [0.2, 0.25) is 0 Å². The van der Waals surface area contributed by atoms with Crippen molar-refractivity contribution in [3.8, 4) is 0 Å². The van der Waals surface area contributed by atoms with E-state index in [0.29, 0.717) is 6.54 Å². The summed E-state index contributed by atoms with van der Waals surface area (Å²) >= 11 is 3.39. The maximum Gasteiger partial charge on any atom is 0.238 e. The zero-order valence-electron chi connectivity index (χ0n) is 12.6. The van der Waals surface area contributed by atoms with Crippen molar-refractivity contribution in [1.82, 2.24) is 10.2 Å². The highest BCUT2D eigenvalue weighted by atomic mass is 79.9. The van der Waals surface area contributed by atoms with Gasteiger partial charge in [0.1, 0.15) is 0 Å². The standard InChI is InChI=1S/C16H24BrN3O/c1-20(15-7-2-3-8-15)10-9-18-12-16(21)19-14-6-4-5-13(17)11-14/h4-6,11,15,18H,2-3,7-10,12H2,1H3,(H,19,21). The van der Waals surface area contributed by atoms with E-state index in [1.165, 1.54) is 25.7 Å². The number of hydrogen-bond acceptors (Lipinski definition) is 3. The first-order chi connectivity index (χ1) is 10.1. The number of hydrogen-bond donors (Lipinski definition) is 2. The van der Waals surface area contributed by atoms with Crippen molar-refractivity contribution in [2.24, 2.45) is 0 Å². The lowest BCUT2D eigenvalue weighted by atomic mass is 10.2. The Morgan fingerprint density at radius 1 is 1.38 bits per heavy atom. The minimum atomic E-state index is -0.00313. The highest BCUT2D eigenvalue weighted by Gasteiger charge is 2.18. The molecule has 1 aromatic rings. The Morgan fingerprint density at radius 3 is 2.86 bits per heavy atom. The molecule has 0 bridgehead atoms. The van der Waals surface area contributed by atoms with E-state index in [2.05, 4.69) is 38.5 Å². The zero-order chi connectivity index (χ0) is 15.1. The maximum atomic E-state index is 11.8. The van der Waals surface area contributed by atoms with Crippen LogP contribution in [0.25, 0.3) is 0 Å². The van der Waals surface area contributed by atoms with E-state index in [0.717, 1.165) is 29.3 Å². The summed E-state index contributed by atoms with van der Waals surface area (Å²) in [5, 5.41) is 6.09. The van der Waals surface area contributed by atoms with Gasteiger partial charge in [-0.2, -0.15) is 0 Å². The third-order valence-electron chi connectivity index (χ3n) is 3.98. The van der Waals surface area contributed by atoms with Crippen LogP contribution in [0.1, 0.15) is 25.7 Å². The Kier molecular flexibility index (Phi) is 6.67. The largest absolute Gasteiger partial charge is 0.325 e. The predicted octanol–water partition coefficient (Wildman–Crippen LogP) is 2.85. The van der Waals surface area contributed by atoms with Gasteiger partial charge in [-0.25, -0.2) is 0 Å². The predicted molar refractivity (Wildman–Crippen MR) is 90.5 cm³/mol. The average molecular weight is 354 g/mol. The van der Waals surface area contributed by atoms with Crippen LogP contribution in [0.5, 0.6) is 0 Å². The molecule has 0 aromatic heterocycles. The van der Waals surface area contributed by atoms with E-state index < -0.39 is 0 Å². The van der Waals surface area contributed by atoms with Crippen LogP contribution in [-0.4, -0.2) is 43.5 Å². The van der Waals surface area contributed by atoms with E-state index in [1.807, 2.05) is 24.3 Å².